The Hall–Kier alpha value is -3.69. The fraction of sp³-hybridized carbons (Fsp3) is 0.412. The third-order valence-corrected chi connectivity index (χ3v) is 11.1. The van der Waals surface area contributed by atoms with Crippen molar-refractivity contribution in [3.63, 3.8) is 0 Å². The average Bonchev–Trinajstić information content (AvgIpc) is 3.73. The minimum atomic E-state index is -0.387. The molecule has 2 aliphatic carbocycles. The number of hydrogen-bond acceptors (Lipinski definition) is 7. The smallest absolute Gasteiger partial charge is 0.274 e. The van der Waals surface area contributed by atoms with E-state index in [0.717, 1.165) is 47.6 Å². The number of benzene rings is 1. The van der Waals surface area contributed by atoms with Gasteiger partial charge in [0.25, 0.3) is 5.56 Å². The van der Waals surface area contributed by atoms with Crippen LogP contribution in [0.2, 0.25) is 0 Å². The molecule has 2 bridgehead atoms. The number of fused-ring (bicyclic) bond motifs is 5. The Bertz CT molecular complexity index is 1740. The number of nitrogens with zero attached hydrogens (tertiary/aromatic N) is 4. The summed E-state index contributed by atoms with van der Waals surface area (Å²) in [5, 5.41) is 12.0. The predicted octanol–water partition coefficient (Wildman–Crippen LogP) is 6.69. The quantitative estimate of drug-likeness (QED) is 0.239. The van der Waals surface area contributed by atoms with Gasteiger partial charge in [-0.15, -0.1) is 16.4 Å². The van der Waals surface area contributed by atoms with Crippen molar-refractivity contribution in [2.45, 2.75) is 63.2 Å². The van der Waals surface area contributed by atoms with E-state index in [4.69, 9.17) is 0 Å². The lowest BCUT2D eigenvalue weighted by atomic mass is 9.93. The van der Waals surface area contributed by atoms with Gasteiger partial charge in [0, 0.05) is 36.0 Å². The molecule has 7 nitrogen and oxygen atoms in total. The van der Waals surface area contributed by atoms with Crippen molar-refractivity contribution in [2.75, 3.05) is 25.5 Å². The summed E-state index contributed by atoms with van der Waals surface area (Å²) in [7, 11) is 3.83. The number of thiophene rings is 1. The van der Waals surface area contributed by atoms with Crippen molar-refractivity contribution in [1.82, 2.24) is 19.7 Å². The van der Waals surface area contributed by atoms with E-state index in [9.17, 15) is 9.59 Å². The highest BCUT2D eigenvalue weighted by atomic mass is 32.1. The molecule has 1 saturated carbocycles. The maximum absolute atomic E-state index is 15.2. The molecule has 0 amide bonds. The summed E-state index contributed by atoms with van der Waals surface area (Å²) in [4.78, 5) is 30.9. The molecule has 1 saturated heterocycles. The molecular formula is C34H36FN5O2S. The summed E-state index contributed by atoms with van der Waals surface area (Å²) in [6.07, 6.45) is 7.52. The molecule has 43 heavy (non-hydrogen) atoms. The number of aryl methyl sites for hydroxylation is 1. The first-order valence-electron chi connectivity index (χ1n) is 15.2. The van der Waals surface area contributed by atoms with Crippen molar-refractivity contribution < 1.29 is 9.18 Å². The normalized spacial score (nSPS) is 20.0. The SMILES string of the molecule is Cc1c(-c2cc(Nc3ccc(C4CCN(C)CC4)nn3)c(=O)n(C)c2)ccc(F)c1CC(=O)c1cc2c(s1)C1CCC2C1. The summed E-state index contributed by atoms with van der Waals surface area (Å²) < 4.78 is 16.7. The molecule has 2 unspecified atom stereocenters. The van der Waals surface area contributed by atoms with E-state index in [1.54, 1.807) is 36.7 Å². The van der Waals surface area contributed by atoms with Crippen LogP contribution in [0.1, 0.15) is 86.8 Å². The lowest BCUT2D eigenvalue weighted by molar-refractivity contribution is 0.0995. The number of anilines is 2. The molecule has 1 aliphatic heterocycles. The first-order valence-corrected chi connectivity index (χ1v) is 16.0. The molecule has 222 valence electrons. The van der Waals surface area contributed by atoms with E-state index in [0.29, 0.717) is 40.4 Å². The largest absolute Gasteiger partial charge is 0.334 e. The van der Waals surface area contributed by atoms with E-state index in [1.807, 2.05) is 19.1 Å². The summed E-state index contributed by atoms with van der Waals surface area (Å²) in [6, 6.07) is 10.8. The molecule has 7 rings (SSSR count). The first kappa shape index (κ1) is 28.1. The van der Waals surface area contributed by atoms with Crippen molar-refractivity contribution in [3.05, 3.63) is 90.9 Å². The summed E-state index contributed by atoms with van der Waals surface area (Å²) in [5.74, 6) is 1.65. The van der Waals surface area contributed by atoms with Gasteiger partial charge in [-0.05, 0) is 124 Å². The number of pyridine rings is 1. The van der Waals surface area contributed by atoms with Crippen LogP contribution in [0.4, 0.5) is 15.9 Å². The van der Waals surface area contributed by atoms with Crippen LogP contribution in [-0.2, 0) is 13.5 Å². The van der Waals surface area contributed by atoms with Crippen molar-refractivity contribution in [3.8, 4) is 11.1 Å². The third kappa shape index (κ3) is 5.23. The Balaban J connectivity index is 1.13. The maximum atomic E-state index is 15.2. The molecule has 1 N–H and O–H groups in total. The number of likely N-dealkylation sites (tertiary alicyclic amines) is 1. The number of carbonyl (C=O) groups excluding carboxylic acids is 1. The predicted molar refractivity (Wildman–Crippen MR) is 168 cm³/mol. The van der Waals surface area contributed by atoms with Gasteiger partial charge in [0.1, 0.15) is 11.5 Å². The van der Waals surface area contributed by atoms with Gasteiger partial charge in [-0.2, -0.15) is 5.10 Å². The zero-order valence-electron chi connectivity index (χ0n) is 24.8. The molecule has 3 aromatic heterocycles. The van der Waals surface area contributed by atoms with Gasteiger partial charge >= 0.3 is 0 Å². The zero-order valence-corrected chi connectivity index (χ0v) is 25.6. The van der Waals surface area contributed by atoms with Crippen molar-refractivity contribution in [1.29, 1.82) is 0 Å². The van der Waals surface area contributed by atoms with Crippen LogP contribution >= 0.6 is 11.3 Å². The minimum Gasteiger partial charge on any atom is -0.334 e. The molecule has 2 atom stereocenters. The molecule has 1 aromatic carbocycles. The van der Waals surface area contributed by atoms with Crippen LogP contribution < -0.4 is 10.9 Å². The second-order valence-electron chi connectivity index (χ2n) is 12.5. The van der Waals surface area contributed by atoms with Crippen LogP contribution in [-0.4, -0.2) is 45.6 Å². The topological polar surface area (TPSA) is 80.1 Å². The van der Waals surface area contributed by atoms with Crippen molar-refractivity contribution in [2.24, 2.45) is 7.05 Å². The molecular weight excluding hydrogens is 561 g/mol. The van der Waals surface area contributed by atoms with E-state index >= 15 is 4.39 Å². The van der Waals surface area contributed by atoms with Gasteiger partial charge in [-0.25, -0.2) is 4.39 Å². The number of hydrogen-bond donors (Lipinski definition) is 1. The lowest BCUT2D eigenvalue weighted by Crippen LogP contribution is -2.29. The highest BCUT2D eigenvalue weighted by Crippen LogP contribution is 2.56. The molecule has 9 heteroatoms. The van der Waals surface area contributed by atoms with Gasteiger partial charge in [-0.3, -0.25) is 9.59 Å². The summed E-state index contributed by atoms with van der Waals surface area (Å²) >= 11 is 1.61. The van der Waals surface area contributed by atoms with E-state index in [1.165, 1.54) is 40.3 Å². The Morgan fingerprint density at radius 2 is 1.81 bits per heavy atom. The van der Waals surface area contributed by atoms with Crippen LogP contribution in [0, 0.1) is 12.7 Å². The standard InChI is InChI=1S/C34H36FN5O2S/c1-19-24(6-7-27(35)25(19)16-30(41)31-17-26-21-4-5-22(14-21)33(26)43-31)23-15-29(34(42)40(3)18-23)36-32-9-8-28(37-38-32)20-10-12-39(2)13-11-20/h6-9,15,17-18,20-22H,4-5,10-14,16H2,1-3H3,(H,36,38). The number of Topliss-reactive ketones (excluding diaryl/α,β-unsaturated/α-hetero) is 1. The molecule has 3 aliphatic rings. The van der Waals surface area contributed by atoms with Crippen LogP contribution in [0.3, 0.4) is 0 Å². The Kier molecular flexibility index (Phi) is 7.26. The zero-order chi connectivity index (χ0) is 29.8. The van der Waals surface area contributed by atoms with Gasteiger partial charge in [0.2, 0.25) is 0 Å². The first-order chi connectivity index (χ1) is 20.7. The number of ketones is 1. The van der Waals surface area contributed by atoms with Crippen LogP contribution in [0.5, 0.6) is 0 Å². The van der Waals surface area contributed by atoms with Gasteiger partial charge < -0.3 is 14.8 Å². The minimum absolute atomic E-state index is 0.0102. The average molecular weight is 598 g/mol. The second kappa shape index (κ2) is 11.1. The van der Waals surface area contributed by atoms with Crippen LogP contribution in [0.25, 0.3) is 11.1 Å². The highest BCUT2D eigenvalue weighted by molar-refractivity contribution is 7.14. The fourth-order valence-corrected chi connectivity index (χ4v) is 8.55. The Morgan fingerprint density at radius 1 is 1.02 bits per heavy atom. The summed E-state index contributed by atoms with van der Waals surface area (Å²) in [5.41, 5.74) is 5.09. The monoisotopic (exact) mass is 597 g/mol. The number of rotatable bonds is 7. The van der Waals surface area contributed by atoms with Crippen LogP contribution in [0.15, 0.2) is 47.4 Å². The molecule has 0 spiro atoms. The Labute approximate surface area is 254 Å². The Morgan fingerprint density at radius 3 is 2.56 bits per heavy atom. The number of carbonyl (C=O) groups is 1. The molecule has 4 aromatic rings. The molecule has 4 heterocycles. The van der Waals surface area contributed by atoms with Gasteiger partial charge in [0.05, 0.1) is 10.6 Å². The highest BCUT2D eigenvalue weighted by Gasteiger charge is 2.39. The van der Waals surface area contributed by atoms with E-state index in [2.05, 4.69) is 33.5 Å². The van der Waals surface area contributed by atoms with E-state index in [-0.39, 0.29) is 23.6 Å². The fourth-order valence-electron chi connectivity index (χ4n) is 7.22. The second-order valence-corrected chi connectivity index (χ2v) is 13.6. The maximum Gasteiger partial charge on any atom is 0.274 e. The number of halogens is 1. The number of nitrogens with one attached hydrogen (secondary N) is 1. The van der Waals surface area contributed by atoms with Gasteiger partial charge in [-0.1, -0.05) is 6.07 Å². The van der Waals surface area contributed by atoms with Crippen molar-refractivity contribution >= 4 is 28.6 Å². The van der Waals surface area contributed by atoms with E-state index < -0.39 is 0 Å². The number of piperidine rings is 1. The molecule has 0 radical (unpaired) electrons. The van der Waals surface area contributed by atoms with Gasteiger partial charge in [0.15, 0.2) is 11.6 Å². The number of aromatic nitrogens is 3. The third-order valence-electron chi connectivity index (χ3n) is 9.77. The lowest BCUT2D eigenvalue weighted by Gasteiger charge is -2.28. The molecule has 2 fully saturated rings. The summed E-state index contributed by atoms with van der Waals surface area (Å²) in [6.45, 7) is 3.94.